The van der Waals surface area contributed by atoms with Gasteiger partial charge in [-0.2, -0.15) is 4.98 Å². The monoisotopic (exact) mass is 219 g/mol. The molecule has 6 heteroatoms. The van der Waals surface area contributed by atoms with Gasteiger partial charge in [0, 0.05) is 17.9 Å². The van der Waals surface area contributed by atoms with Gasteiger partial charge in [-0.15, -0.1) is 0 Å². The van der Waals surface area contributed by atoms with E-state index in [9.17, 15) is 0 Å². The number of rotatable bonds is 2. The van der Waals surface area contributed by atoms with E-state index >= 15 is 0 Å². The molecule has 0 aromatic carbocycles. The van der Waals surface area contributed by atoms with Crippen molar-refractivity contribution in [2.75, 3.05) is 5.32 Å². The maximum absolute atomic E-state index is 5.06. The van der Waals surface area contributed by atoms with Crippen molar-refractivity contribution in [1.82, 2.24) is 20.1 Å². The van der Waals surface area contributed by atoms with Crippen LogP contribution >= 0.6 is 0 Å². The third-order valence-corrected chi connectivity index (χ3v) is 1.70. The number of nitrogens with zero attached hydrogens (tertiary/aromatic N) is 4. The lowest BCUT2D eigenvalue weighted by Crippen LogP contribution is -2.26. The zero-order valence-electron chi connectivity index (χ0n) is 9.43. The lowest BCUT2D eigenvalue weighted by Gasteiger charge is -2.17. The van der Waals surface area contributed by atoms with Crippen LogP contribution in [0.1, 0.15) is 20.8 Å². The van der Waals surface area contributed by atoms with Crippen molar-refractivity contribution in [2.24, 2.45) is 0 Å². The van der Waals surface area contributed by atoms with Gasteiger partial charge in [0.15, 0.2) is 0 Å². The van der Waals surface area contributed by atoms with Crippen LogP contribution in [0.3, 0.4) is 0 Å². The van der Waals surface area contributed by atoms with Gasteiger partial charge in [0.2, 0.25) is 5.82 Å². The van der Waals surface area contributed by atoms with Crippen molar-refractivity contribution in [3.63, 3.8) is 0 Å². The molecule has 0 fully saturated rings. The number of aromatic nitrogens is 4. The zero-order valence-corrected chi connectivity index (χ0v) is 9.43. The van der Waals surface area contributed by atoms with Gasteiger partial charge in [0.05, 0.1) is 6.20 Å². The first-order valence-corrected chi connectivity index (χ1v) is 4.93. The predicted octanol–water partition coefficient (Wildman–Crippen LogP) is 1.74. The molecule has 0 saturated heterocycles. The van der Waals surface area contributed by atoms with Crippen molar-refractivity contribution in [2.45, 2.75) is 26.3 Å². The van der Waals surface area contributed by atoms with E-state index in [1.807, 2.05) is 20.8 Å². The molecule has 2 aromatic heterocycles. The molecule has 0 radical (unpaired) electrons. The SMILES string of the molecule is CC(C)(C)Nc1nc(-c2cnccn2)no1. The van der Waals surface area contributed by atoms with Crippen LogP contribution in [0.2, 0.25) is 0 Å². The molecule has 0 aliphatic carbocycles. The van der Waals surface area contributed by atoms with Crippen molar-refractivity contribution < 1.29 is 4.52 Å². The van der Waals surface area contributed by atoms with Gasteiger partial charge in [-0.1, -0.05) is 5.16 Å². The molecule has 84 valence electrons. The summed E-state index contributed by atoms with van der Waals surface area (Å²) in [6.45, 7) is 6.04. The van der Waals surface area contributed by atoms with Crippen LogP contribution in [0.15, 0.2) is 23.1 Å². The van der Waals surface area contributed by atoms with Crippen molar-refractivity contribution in [3.05, 3.63) is 18.6 Å². The number of hydrogen-bond donors (Lipinski definition) is 1. The fourth-order valence-electron chi connectivity index (χ4n) is 1.11. The van der Waals surface area contributed by atoms with Crippen LogP contribution in [0, 0.1) is 0 Å². The predicted molar refractivity (Wildman–Crippen MR) is 58.7 cm³/mol. The highest BCUT2D eigenvalue weighted by atomic mass is 16.5. The normalized spacial score (nSPS) is 11.4. The molecule has 0 aliphatic heterocycles. The third kappa shape index (κ3) is 2.53. The summed E-state index contributed by atoms with van der Waals surface area (Å²) in [5, 5.41) is 6.90. The average molecular weight is 219 g/mol. The molecule has 0 unspecified atom stereocenters. The summed E-state index contributed by atoms with van der Waals surface area (Å²) in [4.78, 5) is 12.2. The largest absolute Gasteiger partial charge is 0.333 e. The summed E-state index contributed by atoms with van der Waals surface area (Å²) in [5.41, 5.74) is 0.472. The van der Waals surface area contributed by atoms with Gasteiger partial charge in [-0.05, 0) is 20.8 Å². The molecule has 16 heavy (non-hydrogen) atoms. The third-order valence-electron chi connectivity index (χ3n) is 1.70. The summed E-state index contributed by atoms with van der Waals surface area (Å²) in [6, 6.07) is 0.383. The van der Waals surface area contributed by atoms with E-state index in [-0.39, 0.29) is 5.54 Å². The van der Waals surface area contributed by atoms with Gasteiger partial charge < -0.3 is 9.84 Å². The first kappa shape index (κ1) is 10.5. The van der Waals surface area contributed by atoms with E-state index in [0.29, 0.717) is 17.5 Å². The second kappa shape index (κ2) is 3.88. The Morgan fingerprint density at radius 1 is 1.25 bits per heavy atom. The highest BCUT2D eigenvalue weighted by Gasteiger charge is 2.15. The summed E-state index contributed by atoms with van der Waals surface area (Å²) in [5.74, 6) is 0.430. The molecule has 0 amide bonds. The molecule has 2 aromatic rings. The van der Waals surface area contributed by atoms with Crippen LogP contribution in [0.5, 0.6) is 0 Å². The highest BCUT2D eigenvalue weighted by molar-refractivity contribution is 5.47. The second-order valence-corrected chi connectivity index (χ2v) is 4.39. The minimum Gasteiger partial charge on any atom is -0.333 e. The summed E-state index contributed by atoms with van der Waals surface area (Å²) < 4.78 is 5.06. The van der Waals surface area contributed by atoms with Crippen LogP contribution in [-0.2, 0) is 0 Å². The smallest absolute Gasteiger partial charge is 0.322 e. The fourth-order valence-corrected chi connectivity index (χ4v) is 1.11. The molecular formula is C10H13N5O. The van der Waals surface area contributed by atoms with Gasteiger partial charge in [-0.25, -0.2) is 4.98 Å². The van der Waals surface area contributed by atoms with Gasteiger partial charge >= 0.3 is 6.01 Å². The molecule has 0 bridgehead atoms. The maximum Gasteiger partial charge on any atom is 0.322 e. The topological polar surface area (TPSA) is 76.7 Å². The Hall–Kier alpha value is -1.98. The van der Waals surface area contributed by atoms with Crippen LogP contribution in [0.4, 0.5) is 6.01 Å². The quantitative estimate of drug-likeness (QED) is 0.828. The van der Waals surface area contributed by atoms with E-state index in [2.05, 4.69) is 25.4 Å². The molecular weight excluding hydrogens is 206 g/mol. The van der Waals surface area contributed by atoms with E-state index in [0.717, 1.165) is 0 Å². The van der Waals surface area contributed by atoms with E-state index in [4.69, 9.17) is 4.52 Å². The van der Waals surface area contributed by atoms with Crippen LogP contribution in [0.25, 0.3) is 11.5 Å². The van der Waals surface area contributed by atoms with Gasteiger partial charge in [0.1, 0.15) is 5.69 Å². The lowest BCUT2D eigenvalue weighted by molar-refractivity contribution is 0.420. The highest BCUT2D eigenvalue weighted by Crippen LogP contribution is 2.16. The minimum absolute atomic E-state index is 0.119. The van der Waals surface area contributed by atoms with Crippen LogP contribution in [-0.4, -0.2) is 25.6 Å². The first-order valence-electron chi connectivity index (χ1n) is 4.93. The van der Waals surface area contributed by atoms with Crippen molar-refractivity contribution in [3.8, 4) is 11.5 Å². The Bertz CT molecular complexity index is 460. The Labute approximate surface area is 93.1 Å². The standard InChI is InChI=1S/C10H13N5O/c1-10(2,3)14-9-13-8(15-16-9)7-6-11-4-5-12-7/h4-6H,1-3H3,(H,13,14,15). The Kier molecular flexibility index (Phi) is 2.55. The molecule has 0 aliphatic rings. The summed E-state index contributed by atoms with van der Waals surface area (Å²) in [6.07, 6.45) is 4.77. The van der Waals surface area contributed by atoms with Gasteiger partial charge in [0.25, 0.3) is 0 Å². The minimum atomic E-state index is -0.119. The Morgan fingerprint density at radius 2 is 2.06 bits per heavy atom. The maximum atomic E-state index is 5.06. The summed E-state index contributed by atoms with van der Waals surface area (Å²) >= 11 is 0. The summed E-state index contributed by atoms with van der Waals surface area (Å²) in [7, 11) is 0. The molecule has 0 saturated carbocycles. The Morgan fingerprint density at radius 3 is 2.69 bits per heavy atom. The molecule has 2 rings (SSSR count). The average Bonchev–Trinajstić information content (AvgIpc) is 2.65. The van der Waals surface area contributed by atoms with E-state index in [1.54, 1.807) is 18.6 Å². The van der Waals surface area contributed by atoms with E-state index < -0.39 is 0 Å². The molecule has 1 N–H and O–H groups in total. The Balaban J connectivity index is 2.21. The molecule has 2 heterocycles. The number of hydrogen-bond acceptors (Lipinski definition) is 6. The lowest BCUT2D eigenvalue weighted by atomic mass is 10.1. The number of nitrogens with one attached hydrogen (secondary N) is 1. The number of anilines is 1. The van der Waals surface area contributed by atoms with Crippen LogP contribution < -0.4 is 5.32 Å². The first-order chi connectivity index (χ1) is 7.54. The fraction of sp³-hybridized carbons (Fsp3) is 0.400. The van der Waals surface area contributed by atoms with Crippen molar-refractivity contribution in [1.29, 1.82) is 0 Å². The van der Waals surface area contributed by atoms with Crippen molar-refractivity contribution >= 4 is 6.01 Å². The second-order valence-electron chi connectivity index (χ2n) is 4.39. The molecule has 0 atom stereocenters. The molecule has 0 spiro atoms. The molecule has 6 nitrogen and oxygen atoms in total. The van der Waals surface area contributed by atoms with E-state index in [1.165, 1.54) is 0 Å². The zero-order chi connectivity index (χ0) is 11.6. The van der Waals surface area contributed by atoms with Gasteiger partial charge in [-0.3, -0.25) is 4.98 Å².